The first-order valence-corrected chi connectivity index (χ1v) is 8.89. The summed E-state index contributed by atoms with van der Waals surface area (Å²) in [5.74, 6) is 1.18. The van der Waals surface area contributed by atoms with Crippen molar-refractivity contribution in [1.82, 2.24) is 24.7 Å². The maximum absolute atomic E-state index is 12.4. The zero-order chi connectivity index (χ0) is 16.9. The maximum atomic E-state index is 12.4. The Morgan fingerprint density at radius 3 is 2.79 bits per heavy atom. The molecule has 134 valence electrons. The van der Waals surface area contributed by atoms with Gasteiger partial charge in [0.25, 0.3) is 0 Å². The number of hydrogen-bond acceptors (Lipinski definition) is 5. The molecule has 1 N–H and O–H groups in total. The van der Waals surface area contributed by atoms with Crippen molar-refractivity contribution in [2.45, 2.75) is 25.4 Å². The predicted octanol–water partition coefficient (Wildman–Crippen LogP) is 0.0789. The van der Waals surface area contributed by atoms with Crippen LogP contribution in [0.1, 0.15) is 18.7 Å². The van der Waals surface area contributed by atoms with E-state index in [1.807, 2.05) is 19.4 Å². The van der Waals surface area contributed by atoms with Crippen molar-refractivity contribution in [2.75, 3.05) is 46.4 Å². The van der Waals surface area contributed by atoms with Crippen LogP contribution in [0.15, 0.2) is 12.4 Å². The number of hydrogen-bond donors (Lipinski definition) is 1. The first kappa shape index (κ1) is 17.4. The third-order valence-electron chi connectivity index (χ3n) is 5.25. The fourth-order valence-corrected chi connectivity index (χ4v) is 3.75. The van der Waals surface area contributed by atoms with Gasteiger partial charge in [-0.2, -0.15) is 0 Å². The summed E-state index contributed by atoms with van der Waals surface area (Å²) in [5.41, 5.74) is 0. The van der Waals surface area contributed by atoms with Crippen molar-refractivity contribution in [2.24, 2.45) is 13.0 Å². The van der Waals surface area contributed by atoms with E-state index in [1.54, 1.807) is 7.05 Å². The molecule has 1 aromatic heterocycles. The smallest absolute Gasteiger partial charge is 0.225 e. The van der Waals surface area contributed by atoms with Gasteiger partial charge in [-0.15, -0.1) is 0 Å². The summed E-state index contributed by atoms with van der Waals surface area (Å²) < 4.78 is 7.55. The van der Waals surface area contributed by atoms with E-state index in [9.17, 15) is 4.79 Å². The van der Waals surface area contributed by atoms with E-state index in [-0.39, 0.29) is 11.8 Å². The van der Waals surface area contributed by atoms with E-state index >= 15 is 0 Å². The number of aryl methyl sites for hydroxylation is 1. The standard InChI is InChI=1S/C17H29N5O2/c1-18-17(23)14-11-21(13-16-19-5-6-20(16)2)7-8-22(12-14)15-3-9-24-10-4-15/h5-6,14-15H,3-4,7-13H2,1-2H3,(H,18,23)/t14-/m0/s1. The van der Waals surface area contributed by atoms with Gasteiger partial charge in [0.05, 0.1) is 12.5 Å². The molecule has 7 nitrogen and oxygen atoms in total. The molecule has 1 atom stereocenters. The Hall–Kier alpha value is -1.44. The van der Waals surface area contributed by atoms with Gasteiger partial charge in [0.1, 0.15) is 5.82 Å². The first-order chi connectivity index (χ1) is 11.7. The summed E-state index contributed by atoms with van der Waals surface area (Å²) in [4.78, 5) is 21.6. The number of carbonyl (C=O) groups is 1. The number of rotatable bonds is 4. The Morgan fingerprint density at radius 1 is 1.33 bits per heavy atom. The number of ether oxygens (including phenoxy) is 1. The number of nitrogens with one attached hydrogen (secondary N) is 1. The fraction of sp³-hybridized carbons (Fsp3) is 0.765. The minimum absolute atomic E-state index is 0.000568. The highest BCUT2D eigenvalue weighted by Crippen LogP contribution is 2.20. The van der Waals surface area contributed by atoms with Crippen LogP contribution in [0.2, 0.25) is 0 Å². The molecular formula is C17H29N5O2. The van der Waals surface area contributed by atoms with Gasteiger partial charge >= 0.3 is 0 Å². The normalized spacial score (nSPS) is 24.7. The van der Waals surface area contributed by atoms with Crippen LogP contribution in [0.3, 0.4) is 0 Å². The topological polar surface area (TPSA) is 62.6 Å². The number of aromatic nitrogens is 2. The molecule has 1 amide bonds. The van der Waals surface area contributed by atoms with Gasteiger partial charge in [0, 0.05) is 71.9 Å². The molecule has 1 aromatic rings. The molecule has 2 saturated heterocycles. The van der Waals surface area contributed by atoms with Crippen LogP contribution in [-0.2, 0) is 23.1 Å². The average molecular weight is 335 g/mol. The second kappa shape index (κ2) is 8.09. The van der Waals surface area contributed by atoms with Gasteiger partial charge in [0.2, 0.25) is 5.91 Å². The Balaban J connectivity index is 1.69. The molecule has 0 bridgehead atoms. The van der Waals surface area contributed by atoms with Gasteiger partial charge in [-0.05, 0) is 12.8 Å². The van der Waals surface area contributed by atoms with Crippen molar-refractivity contribution in [3.63, 3.8) is 0 Å². The monoisotopic (exact) mass is 335 g/mol. The molecular weight excluding hydrogens is 306 g/mol. The van der Waals surface area contributed by atoms with Crippen molar-refractivity contribution < 1.29 is 9.53 Å². The molecule has 0 spiro atoms. The lowest BCUT2D eigenvalue weighted by atomic mass is 10.0. The molecule has 0 saturated carbocycles. The predicted molar refractivity (Wildman–Crippen MR) is 91.5 cm³/mol. The van der Waals surface area contributed by atoms with Crippen LogP contribution in [0.5, 0.6) is 0 Å². The third kappa shape index (κ3) is 4.15. The Morgan fingerprint density at radius 2 is 2.12 bits per heavy atom. The minimum atomic E-state index is 0.000568. The lowest BCUT2D eigenvalue weighted by Crippen LogP contribution is -2.45. The van der Waals surface area contributed by atoms with E-state index in [0.29, 0.717) is 6.04 Å². The second-order valence-electron chi connectivity index (χ2n) is 6.84. The van der Waals surface area contributed by atoms with Gasteiger partial charge in [-0.3, -0.25) is 14.6 Å². The quantitative estimate of drug-likeness (QED) is 0.844. The summed E-state index contributed by atoms with van der Waals surface area (Å²) in [6.45, 7) is 6.05. The van der Waals surface area contributed by atoms with E-state index < -0.39 is 0 Å². The van der Waals surface area contributed by atoms with E-state index in [0.717, 1.165) is 64.6 Å². The minimum Gasteiger partial charge on any atom is -0.381 e. The first-order valence-electron chi connectivity index (χ1n) is 8.89. The van der Waals surface area contributed by atoms with E-state index in [2.05, 4.69) is 24.7 Å². The maximum Gasteiger partial charge on any atom is 0.225 e. The fourth-order valence-electron chi connectivity index (χ4n) is 3.75. The summed E-state index contributed by atoms with van der Waals surface area (Å²) in [6.07, 6.45) is 5.94. The molecule has 0 aliphatic carbocycles. The van der Waals surface area contributed by atoms with Gasteiger partial charge < -0.3 is 14.6 Å². The zero-order valence-electron chi connectivity index (χ0n) is 14.8. The molecule has 0 unspecified atom stereocenters. The highest BCUT2D eigenvalue weighted by molar-refractivity contribution is 5.78. The van der Waals surface area contributed by atoms with Crippen LogP contribution >= 0.6 is 0 Å². The number of nitrogens with zero attached hydrogens (tertiary/aromatic N) is 4. The summed E-state index contributed by atoms with van der Waals surface area (Å²) in [7, 11) is 3.75. The van der Waals surface area contributed by atoms with Crippen LogP contribution < -0.4 is 5.32 Å². The summed E-state index contributed by atoms with van der Waals surface area (Å²) in [5, 5.41) is 2.84. The molecule has 2 fully saturated rings. The Bertz CT molecular complexity index is 541. The lowest BCUT2D eigenvalue weighted by molar-refractivity contribution is -0.125. The highest BCUT2D eigenvalue weighted by atomic mass is 16.5. The molecule has 2 aliphatic heterocycles. The molecule has 2 aliphatic rings. The van der Waals surface area contributed by atoms with Crippen LogP contribution in [0.4, 0.5) is 0 Å². The third-order valence-corrected chi connectivity index (χ3v) is 5.25. The van der Waals surface area contributed by atoms with Crippen LogP contribution in [0, 0.1) is 5.92 Å². The Kier molecular flexibility index (Phi) is 5.86. The average Bonchev–Trinajstić information content (AvgIpc) is 2.89. The molecule has 24 heavy (non-hydrogen) atoms. The largest absolute Gasteiger partial charge is 0.381 e. The number of amides is 1. The van der Waals surface area contributed by atoms with Crippen LogP contribution in [-0.4, -0.2) is 77.7 Å². The van der Waals surface area contributed by atoms with Gasteiger partial charge in [-0.1, -0.05) is 0 Å². The van der Waals surface area contributed by atoms with Crippen molar-refractivity contribution in [3.8, 4) is 0 Å². The summed E-state index contributed by atoms with van der Waals surface area (Å²) >= 11 is 0. The van der Waals surface area contributed by atoms with E-state index in [4.69, 9.17) is 4.74 Å². The molecule has 7 heteroatoms. The highest BCUT2D eigenvalue weighted by Gasteiger charge is 2.31. The Labute approximate surface area is 144 Å². The second-order valence-corrected chi connectivity index (χ2v) is 6.84. The van der Waals surface area contributed by atoms with Crippen molar-refractivity contribution in [3.05, 3.63) is 18.2 Å². The number of carbonyl (C=O) groups excluding carboxylic acids is 1. The molecule has 0 radical (unpaired) electrons. The summed E-state index contributed by atoms with van der Waals surface area (Å²) in [6, 6.07) is 0.541. The molecule has 0 aromatic carbocycles. The van der Waals surface area contributed by atoms with E-state index in [1.165, 1.54) is 0 Å². The van der Waals surface area contributed by atoms with Crippen LogP contribution in [0.25, 0.3) is 0 Å². The molecule has 3 rings (SSSR count). The van der Waals surface area contributed by atoms with Gasteiger partial charge in [-0.25, -0.2) is 4.98 Å². The molecule has 3 heterocycles. The lowest BCUT2D eigenvalue weighted by Gasteiger charge is -2.34. The number of imidazole rings is 1. The SMILES string of the molecule is CNC(=O)[C@H]1CN(Cc2nccn2C)CCN(C2CCOCC2)C1. The van der Waals surface area contributed by atoms with Gasteiger partial charge in [0.15, 0.2) is 0 Å². The van der Waals surface area contributed by atoms with Crippen molar-refractivity contribution >= 4 is 5.91 Å². The van der Waals surface area contributed by atoms with Crippen molar-refractivity contribution in [1.29, 1.82) is 0 Å². The zero-order valence-corrected chi connectivity index (χ0v) is 14.8.